The molecule has 0 spiro atoms. The maximum atomic E-state index is 14.3. The van der Waals surface area contributed by atoms with E-state index in [4.69, 9.17) is 4.98 Å². The van der Waals surface area contributed by atoms with Crippen molar-refractivity contribution >= 4 is 34.7 Å². The predicted octanol–water partition coefficient (Wildman–Crippen LogP) is 3.72. The van der Waals surface area contributed by atoms with Gasteiger partial charge < -0.3 is 14.7 Å². The normalized spacial score (nSPS) is 17.5. The zero-order valence-electron chi connectivity index (χ0n) is 21.3. The molecule has 0 bridgehead atoms. The smallest absolute Gasteiger partial charge is 0.255 e. The minimum atomic E-state index is -1.23. The fourth-order valence-corrected chi connectivity index (χ4v) is 4.87. The number of halogens is 1. The quantitative estimate of drug-likeness (QED) is 0.542. The third kappa shape index (κ3) is 4.83. The van der Waals surface area contributed by atoms with E-state index >= 15 is 0 Å². The van der Waals surface area contributed by atoms with Gasteiger partial charge in [-0.15, -0.1) is 0 Å². The van der Waals surface area contributed by atoms with Gasteiger partial charge in [0.05, 0.1) is 23.1 Å². The van der Waals surface area contributed by atoms with Gasteiger partial charge in [-0.2, -0.15) is 0 Å². The highest BCUT2D eigenvalue weighted by molar-refractivity contribution is 5.97. The lowest BCUT2D eigenvalue weighted by Gasteiger charge is -2.38. The summed E-state index contributed by atoms with van der Waals surface area (Å²) in [6.07, 6.45) is 7.45. The topological polar surface area (TPSA) is 86.9 Å². The van der Waals surface area contributed by atoms with Gasteiger partial charge in [-0.05, 0) is 44.0 Å². The molecule has 1 saturated heterocycles. The molecule has 9 nitrogen and oxygen atoms in total. The second-order valence-corrected chi connectivity index (χ2v) is 9.64. The van der Waals surface area contributed by atoms with Crippen molar-refractivity contribution in [1.29, 1.82) is 0 Å². The van der Waals surface area contributed by atoms with Gasteiger partial charge in [0.15, 0.2) is 5.82 Å². The molecule has 1 fully saturated rings. The summed E-state index contributed by atoms with van der Waals surface area (Å²) in [5, 5.41) is 0. The Morgan fingerprint density at radius 2 is 1.78 bits per heavy atom. The summed E-state index contributed by atoms with van der Waals surface area (Å²) in [6, 6.07) is 9.42. The molecule has 2 aliphatic rings. The SMILES string of the molecule is CN=c1cc(N2CCN(c3cccnc3)c3cc(C(=O)N4CCC(C)(F)CC4)cnc32)ccn1C(C)=O. The molecule has 0 aliphatic carbocycles. The molecule has 192 valence electrons. The monoisotopic (exact) mass is 503 g/mol. The number of hydrogen-bond donors (Lipinski definition) is 0. The molecule has 3 aromatic rings. The first kappa shape index (κ1) is 24.6. The zero-order valence-corrected chi connectivity index (χ0v) is 21.3. The predicted molar refractivity (Wildman–Crippen MR) is 139 cm³/mol. The molecule has 3 aromatic heterocycles. The average Bonchev–Trinajstić information content (AvgIpc) is 2.91. The molecule has 0 N–H and O–H groups in total. The van der Waals surface area contributed by atoms with Crippen LogP contribution < -0.4 is 15.3 Å². The Labute approximate surface area is 214 Å². The van der Waals surface area contributed by atoms with Crippen molar-refractivity contribution < 1.29 is 14.0 Å². The average molecular weight is 504 g/mol. The van der Waals surface area contributed by atoms with Crippen LogP contribution in [0.1, 0.15) is 41.8 Å². The molecule has 5 heterocycles. The number of anilines is 4. The number of carbonyl (C=O) groups excluding carboxylic acids is 2. The Morgan fingerprint density at radius 3 is 2.46 bits per heavy atom. The summed E-state index contributed by atoms with van der Waals surface area (Å²) < 4.78 is 15.8. The van der Waals surface area contributed by atoms with Gasteiger partial charge in [0.1, 0.15) is 11.2 Å². The van der Waals surface area contributed by atoms with Crippen LogP contribution in [0.4, 0.5) is 27.3 Å². The first-order valence-electron chi connectivity index (χ1n) is 12.4. The van der Waals surface area contributed by atoms with Crippen molar-refractivity contribution in [3.8, 4) is 0 Å². The maximum Gasteiger partial charge on any atom is 0.255 e. The van der Waals surface area contributed by atoms with Gasteiger partial charge in [0.25, 0.3) is 5.91 Å². The lowest BCUT2D eigenvalue weighted by atomic mass is 9.95. The fourth-order valence-electron chi connectivity index (χ4n) is 4.87. The van der Waals surface area contributed by atoms with E-state index in [1.165, 1.54) is 11.5 Å². The summed E-state index contributed by atoms with van der Waals surface area (Å²) >= 11 is 0. The van der Waals surface area contributed by atoms with Crippen LogP contribution in [-0.2, 0) is 0 Å². The van der Waals surface area contributed by atoms with Gasteiger partial charge >= 0.3 is 0 Å². The van der Waals surface area contributed by atoms with Crippen LogP contribution >= 0.6 is 0 Å². The highest BCUT2D eigenvalue weighted by Crippen LogP contribution is 2.40. The number of amides is 1. The molecule has 2 aliphatic heterocycles. The first-order chi connectivity index (χ1) is 17.8. The van der Waals surface area contributed by atoms with Crippen LogP contribution in [-0.4, -0.2) is 70.1 Å². The number of fused-ring (bicyclic) bond motifs is 1. The van der Waals surface area contributed by atoms with Crippen molar-refractivity contribution in [3.05, 3.63) is 66.2 Å². The number of alkyl halides is 1. The molecule has 10 heteroatoms. The minimum Gasteiger partial charge on any atom is -0.338 e. The Morgan fingerprint density at radius 1 is 1.03 bits per heavy atom. The molecule has 0 unspecified atom stereocenters. The van der Waals surface area contributed by atoms with Gasteiger partial charge in [0, 0.05) is 70.5 Å². The molecular weight excluding hydrogens is 473 g/mol. The van der Waals surface area contributed by atoms with Gasteiger partial charge in [-0.1, -0.05) is 0 Å². The number of pyridine rings is 3. The van der Waals surface area contributed by atoms with Crippen molar-refractivity contribution in [3.63, 3.8) is 0 Å². The fraction of sp³-hybridized carbons (Fsp3) is 0.370. The molecule has 1 amide bonds. The number of nitrogens with zero attached hydrogens (tertiary/aromatic N) is 7. The number of likely N-dealkylation sites (tertiary alicyclic amines) is 1. The lowest BCUT2D eigenvalue weighted by Crippen LogP contribution is -2.43. The highest BCUT2D eigenvalue weighted by Gasteiger charge is 2.33. The van der Waals surface area contributed by atoms with E-state index < -0.39 is 5.67 Å². The zero-order chi connectivity index (χ0) is 26.2. The molecule has 0 saturated carbocycles. The number of aromatic nitrogens is 3. The van der Waals surface area contributed by atoms with E-state index in [1.54, 1.807) is 43.7 Å². The van der Waals surface area contributed by atoms with E-state index in [2.05, 4.69) is 19.8 Å². The molecule has 37 heavy (non-hydrogen) atoms. The van der Waals surface area contributed by atoms with E-state index in [-0.39, 0.29) is 11.8 Å². The van der Waals surface area contributed by atoms with Crippen molar-refractivity contribution in [2.24, 2.45) is 4.99 Å². The Bertz CT molecular complexity index is 1390. The van der Waals surface area contributed by atoms with E-state index in [1.807, 2.05) is 30.3 Å². The molecule has 0 radical (unpaired) electrons. The Kier molecular flexibility index (Phi) is 6.49. The third-order valence-corrected chi connectivity index (χ3v) is 7.04. The standard InChI is InChI=1S/C27H30FN7O2/c1-19(36)33-10-6-21(16-24(33)29-3)35-14-13-34(22-5-4-9-30-18-22)23-15-20(17-31-25(23)35)26(37)32-11-7-27(2,28)8-12-32/h4-6,9-10,15-18H,7-8,11-14H2,1-3H3. The van der Waals surface area contributed by atoms with Crippen molar-refractivity contribution in [1.82, 2.24) is 19.4 Å². The third-order valence-electron chi connectivity index (χ3n) is 7.04. The highest BCUT2D eigenvalue weighted by atomic mass is 19.1. The second-order valence-electron chi connectivity index (χ2n) is 9.64. The van der Waals surface area contributed by atoms with Crippen LogP contribution in [0.25, 0.3) is 0 Å². The molecular formula is C27H30FN7O2. The van der Waals surface area contributed by atoms with E-state index in [9.17, 15) is 14.0 Å². The summed E-state index contributed by atoms with van der Waals surface area (Å²) in [5.74, 6) is 0.411. The first-order valence-corrected chi connectivity index (χ1v) is 12.4. The van der Waals surface area contributed by atoms with Crippen molar-refractivity contribution in [2.45, 2.75) is 32.4 Å². The molecule has 0 atom stereocenters. The number of rotatable bonds is 3. The van der Waals surface area contributed by atoms with Crippen molar-refractivity contribution in [2.75, 3.05) is 43.0 Å². The molecule has 0 aromatic carbocycles. The van der Waals surface area contributed by atoms with E-state index in [0.717, 1.165) is 17.1 Å². The Balaban J connectivity index is 1.55. The molecule has 5 rings (SSSR count). The van der Waals surface area contributed by atoms with Crippen LogP contribution in [0.3, 0.4) is 0 Å². The van der Waals surface area contributed by atoms with Crippen LogP contribution in [0.15, 0.2) is 60.1 Å². The van der Waals surface area contributed by atoms with Crippen LogP contribution in [0, 0.1) is 0 Å². The van der Waals surface area contributed by atoms with Crippen LogP contribution in [0.5, 0.6) is 0 Å². The number of hydrogen-bond acceptors (Lipinski definition) is 7. The summed E-state index contributed by atoms with van der Waals surface area (Å²) in [7, 11) is 1.65. The number of piperidine rings is 1. The van der Waals surface area contributed by atoms with Gasteiger partial charge in [-0.3, -0.25) is 24.1 Å². The summed E-state index contributed by atoms with van der Waals surface area (Å²) in [6.45, 7) is 5.09. The minimum absolute atomic E-state index is 0.124. The van der Waals surface area contributed by atoms with Crippen LogP contribution in [0.2, 0.25) is 0 Å². The van der Waals surface area contributed by atoms with Gasteiger partial charge in [0.2, 0.25) is 5.91 Å². The maximum absolute atomic E-state index is 14.3. The lowest BCUT2D eigenvalue weighted by molar-refractivity contribution is 0.0503. The summed E-state index contributed by atoms with van der Waals surface area (Å²) in [4.78, 5) is 44.5. The van der Waals surface area contributed by atoms with Gasteiger partial charge in [-0.25, -0.2) is 9.37 Å². The van der Waals surface area contributed by atoms with E-state index in [0.29, 0.717) is 55.9 Å². The second kappa shape index (κ2) is 9.76. The Hall–Kier alpha value is -4.08. The largest absolute Gasteiger partial charge is 0.338 e. The number of carbonyl (C=O) groups is 2. The summed E-state index contributed by atoms with van der Waals surface area (Å²) in [5.41, 5.74) is 2.28.